The Balaban J connectivity index is 1.14. The summed E-state index contributed by atoms with van der Waals surface area (Å²) in [5.74, 6) is 1.01. The van der Waals surface area contributed by atoms with Crippen LogP contribution >= 0.6 is 0 Å². The zero-order valence-corrected chi connectivity index (χ0v) is 34.1. The Labute approximate surface area is 334 Å². The first-order valence-corrected chi connectivity index (χ1v) is 21.5. The van der Waals surface area contributed by atoms with Crippen molar-refractivity contribution in [1.29, 1.82) is 0 Å². The summed E-state index contributed by atoms with van der Waals surface area (Å²) in [6.07, 6.45) is 7.55. The van der Waals surface area contributed by atoms with Gasteiger partial charge >= 0.3 is 5.97 Å². The normalized spacial score (nSPS) is 35.9. The van der Waals surface area contributed by atoms with Crippen molar-refractivity contribution in [3.8, 4) is 0 Å². The molecule has 56 heavy (non-hydrogen) atoms. The Morgan fingerprint density at radius 3 is 1.86 bits per heavy atom. The van der Waals surface area contributed by atoms with E-state index in [2.05, 4.69) is 113 Å². The van der Waals surface area contributed by atoms with Crippen molar-refractivity contribution in [2.75, 3.05) is 0 Å². The van der Waals surface area contributed by atoms with Crippen LogP contribution < -0.4 is 0 Å². The summed E-state index contributed by atoms with van der Waals surface area (Å²) in [4.78, 5) is 27.8. The lowest BCUT2D eigenvalue weighted by molar-refractivity contribution is -0.250. The van der Waals surface area contributed by atoms with Crippen molar-refractivity contribution in [2.45, 2.75) is 124 Å². The molecule has 3 saturated carbocycles. The van der Waals surface area contributed by atoms with E-state index in [0.717, 1.165) is 49.7 Å². The van der Waals surface area contributed by atoms with Gasteiger partial charge in [-0.05, 0) is 95.8 Å². The molecule has 12 atom stereocenters. The molecule has 0 amide bonds. The Kier molecular flexibility index (Phi) is 11.5. The van der Waals surface area contributed by atoms with Crippen LogP contribution in [0.15, 0.2) is 103 Å². The molecule has 298 valence electrons. The molecule has 1 saturated heterocycles. The number of carbonyl (C=O) groups excluding carboxylic acids is 2. The fraction of sp³-hybridized carbons (Fsp3) is 0.560. The first kappa shape index (κ1) is 39.3. The van der Waals surface area contributed by atoms with Crippen LogP contribution in [0.4, 0.5) is 0 Å². The molecule has 7 unspecified atom stereocenters. The first-order chi connectivity index (χ1) is 27.0. The first-order valence-electron chi connectivity index (χ1n) is 21.5. The molecule has 0 radical (unpaired) electrons. The summed E-state index contributed by atoms with van der Waals surface area (Å²) in [7, 11) is 0. The summed E-state index contributed by atoms with van der Waals surface area (Å²) in [5, 5.41) is 0. The van der Waals surface area contributed by atoms with Gasteiger partial charge in [0.2, 0.25) is 0 Å². The van der Waals surface area contributed by atoms with Crippen LogP contribution in [-0.4, -0.2) is 36.2 Å². The van der Waals surface area contributed by atoms with Crippen LogP contribution in [0.1, 0.15) is 96.3 Å². The van der Waals surface area contributed by atoms with Gasteiger partial charge in [-0.3, -0.25) is 9.59 Å². The third-order valence-corrected chi connectivity index (χ3v) is 15.2. The molecule has 0 N–H and O–H groups in total. The average Bonchev–Trinajstić information content (AvgIpc) is 3.49. The van der Waals surface area contributed by atoms with E-state index in [-0.39, 0.29) is 70.7 Å². The second kappa shape index (κ2) is 16.3. The molecule has 8 rings (SSSR count). The van der Waals surface area contributed by atoms with E-state index in [4.69, 9.17) is 18.9 Å². The van der Waals surface area contributed by atoms with Crippen molar-refractivity contribution < 1.29 is 28.5 Å². The molecular weight excluding hydrogens is 697 g/mol. The minimum absolute atomic E-state index is 0.0213. The predicted octanol–water partition coefficient (Wildman–Crippen LogP) is 10.3. The maximum absolute atomic E-state index is 14.8. The number of esters is 1. The quantitative estimate of drug-likeness (QED) is 0.171. The van der Waals surface area contributed by atoms with E-state index in [1.54, 1.807) is 0 Å². The van der Waals surface area contributed by atoms with Crippen LogP contribution in [0, 0.1) is 52.3 Å². The number of benzene rings is 3. The molecule has 0 aromatic heterocycles. The van der Waals surface area contributed by atoms with Gasteiger partial charge in [-0.2, -0.15) is 0 Å². The third-order valence-electron chi connectivity index (χ3n) is 15.2. The number of ketones is 1. The minimum atomic E-state index is -0.355. The number of cyclic esters (lactones) is 1. The van der Waals surface area contributed by atoms with Gasteiger partial charge < -0.3 is 18.9 Å². The molecule has 5 aliphatic rings. The molecule has 4 fully saturated rings. The van der Waals surface area contributed by atoms with Gasteiger partial charge in [0.25, 0.3) is 0 Å². The Morgan fingerprint density at radius 2 is 1.27 bits per heavy atom. The monoisotopic (exact) mass is 758 g/mol. The number of fused-ring (bicyclic) bond motifs is 5. The van der Waals surface area contributed by atoms with Gasteiger partial charge in [-0.15, -0.1) is 0 Å². The highest BCUT2D eigenvalue weighted by molar-refractivity contribution is 5.97. The van der Waals surface area contributed by atoms with Crippen LogP contribution in [-0.2, 0) is 48.4 Å². The van der Waals surface area contributed by atoms with Gasteiger partial charge in [0, 0.05) is 24.2 Å². The number of allylic oxidation sites excluding steroid dienone is 1. The lowest BCUT2D eigenvalue weighted by atomic mass is 9.43. The Morgan fingerprint density at radius 1 is 0.696 bits per heavy atom. The maximum Gasteiger partial charge on any atom is 0.306 e. The largest absolute Gasteiger partial charge is 0.462 e. The van der Waals surface area contributed by atoms with Crippen LogP contribution in [0.5, 0.6) is 0 Å². The zero-order valence-electron chi connectivity index (χ0n) is 34.1. The standard InChI is InChI=1S/C50H62O6/c1-32(2)37-25-43(56-44(52)26-37)33(3)40-28-42(51)46-45-39(22-24-50(40,46)5)49(4)23-21-38(53-29-34-15-9-6-10-16-34)27-41(49)47(54-30-35-17-11-7-12-18-35)48(45)55-31-36-19-13-8-14-20-36/h6-20,28,32-33,37-39,41,43,45-48H,21-27,29-31H2,1-5H3/t33?,37?,38-,39?,41?,43?,45?,46?,47-,48-,49-,50-/m1/s1. The topological polar surface area (TPSA) is 71.1 Å². The average molecular weight is 759 g/mol. The van der Waals surface area contributed by atoms with Crippen LogP contribution in [0.25, 0.3) is 0 Å². The van der Waals surface area contributed by atoms with Crippen molar-refractivity contribution in [3.63, 3.8) is 0 Å². The van der Waals surface area contributed by atoms with Crippen molar-refractivity contribution in [2.24, 2.45) is 52.3 Å². The third kappa shape index (κ3) is 7.58. The summed E-state index contributed by atoms with van der Waals surface area (Å²) < 4.78 is 27.3. The molecule has 6 nitrogen and oxygen atoms in total. The maximum atomic E-state index is 14.8. The van der Waals surface area contributed by atoms with E-state index >= 15 is 0 Å². The highest BCUT2D eigenvalue weighted by atomic mass is 16.5. The molecule has 0 spiro atoms. The van der Waals surface area contributed by atoms with Crippen LogP contribution in [0.3, 0.4) is 0 Å². The molecule has 6 heteroatoms. The SMILES string of the molecule is CC(C)C1CC(=O)OC(C(C)C2=CC(=O)C3C4C(CC[C@]23C)[C@@]2(C)CC[C@@H](OCc3ccccc3)CC2[C@@H](OCc2ccccc2)[C@@H]4OCc2ccccc2)C1. The van der Waals surface area contributed by atoms with E-state index in [0.29, 0.717) is 44.0 Å². The fourth-order valence-electron chi connectivity index (χ4n) is 12.0. The van der Waals surface area contributed by atoms with Crippen molar-refractivity contribution in [3.05, 3.63) is 119 Å². The van der Waals surface area contributed by atoms with E-state index in [9.17, 15) is 9.59 Å². The van der Waals surface area contributed by atoms with Gasteiger partial charge in [0.05, 0.1) is 38.1 Å². The number of hydrogen-bond acceptors (Lipinski definition) is 6. The van der Waals surface area contributed by atoms with Gasteiger partial charge in [0.1, 0.15) is 6.10 Å². The molecule has 3 aromatic rings. The smallest absolute Gasteiger partial charge is 0.306 e. The van der Waals surface area contributed by atoms with E-state index in [1.165, 1.54) is 11.1 Å². The van der Waals surface area contributed by atoms with Gasteiger partial charge in [0.15, 0.2) is 5.78 Å². The molecular formula is C50H62O6. The molecule has 0 bridgehead atoms. The molecule has 1 heterocycles. The van der Waals surface area contributed by atoms with Crippen molar-refractivity contribution >= 4 is 11.8 Å². The summed E-state index contributed by atoms with van der Waals surface area (Å²) in [6, 6.07) is 31.4. The van der Waals surface area contributed by atoms with Gasteiger partial charge in [-0.1, -0.05) is 131 Å². The molecule has 3 aromatic carbocycles. The van der Waals surface area contributed by atoms with E-state index in [1.807, 2.05) is 18.2 Å². The lowest BCUT2D eigenvalue weighted by Gasteiger charge is -2.64. The van der Waals surface area contributed by atoms with Gasteiger partial charge in [-0.25, -0.2) is 0 Å². The van der Waals surface area contributed by atoms with Crippen molar-refractivity contribution in [1.82, 2.24) is 0 Å². The van der Waals surface area contributed by atoms with Crippen LogP contribution in [0.2, 0.25) is 0 Å². The number of hydrogen-bond donors (Lipinski definition) is 0. The number of ether oxygens (including phenoxy) is 4. The van der Waals surface area contributed by atoms with E-state index < -0.39 is 0 Å². The number of carbonyl (C=O) groups is 2. The fourth-order valence-corrected chi connectivity index (χ4v) is 12.0. The summed E-state index contributed by atoms with van der Waals surface area (Å²) in [6.45, 7) is 13.0. The molecule has 1 aliphatic heterocycles. The Bertz CT molecular complexity index is 1840. The lowest BCUT2D eigenvalue weighted by Crippen LogP contribution is -2.66. The molecule has 4 aliphatic carbocycles. The minimum Gasteiger partial charge on any atom is -0.462 e. The predicted molar refractivity (Wildman–Crippen MR) is 218 cm³/mol. The summed E-state index contributed by atoms with van der Waals surface area (Å²) >= 11 is 0. The highest BCUT2D eigenvalue weighted by Gasteiger charge is 2.67. The summed E-state index contributed by atoms with van der Waals surface area (Å²) in [5.41, 5.74) is 4.21. The highest BCUT2D eigenvalue weighted by Crippen LogP contribution is 2.67. The zero-order chi connectivity index (χ0) is 39.0. The second-order valence-corrected chi connectivity index (χ2v) is 18.7. The Hall–Kier alpha value is -3.58. The second-order valence-electron chi connectivity index (χ2n) is 18.7. The number of rotatable bonds is 12.